The summed E-state index contributed by atoms with van der Waals surface area (Å²) in [6, 6.07) is 12.2. The molecule has 1 aromatic carbocycles. The Kier molecular flexibility index (Phi) is 2.37. The van der Waals surface area contributed by atoms with Crippen LogP contribution in [0.2, 0.25) is 5.02 Å². The Labute approximate surface area is 82.6 Å². The van der Waals surface area contributed by atoms with Gasteiger partial charge in [-0.2, -0.15) is 0 Å². The van der Waals surface area contributed by atoms with E-state index in [9.17, 15) is 0 Å². The van der Waals surface area contributed by atoms with E-state index in [1.165, 1.54) is 5.56 Å². The van der Waals surface area contributed by atoms with Crippen LogP contribution in [0, 0.1) is 0 Å². The highest BCUT2D eigenvalue weighted by Crippen LogP contribution is 2.10. The number of hydrogen-bond acceptors (Lipinski definition) is 0. The lowest BCUT2D eigenvalue weighted by molar-refractivity contribution is 0.806. The van der Waals surface area contributed by atoms with Crippen LogP contribution < -0.4 is 0 Å². The van der Waals surface area contributed by atoms with E-state index in [4.69, 9.17) is 11.6 Å². The molecule has 13 heavy (non-hydrogen) atoms. The van der Waals surface area contributed by atoms with Crippen LogP contribution >= 0.6 is 11.6 Å². The summed E-state index contributed by atoms with van der Waals surface area (Å²) in [5, 5.41) is 0.788. The van der Waals surface area contributed by atoms with Crippen molar-refractivity contribution < 1.29 is 0 Å². The zero-order valence-corrected chi connectivity index (χ0v) is 7.91. The number of rotatable bonds is 2. The molecule has 1 aromatic heterocycles. The molecule has 0 bridgehead atoms. The Hall–Kier alpha value is -1.21. The Morgan fingerprint density at radius 3 is 2.46 bits per heavy atom. The SMILES string of the molecule is Clc1ccn(Cc2ccccc2)c1. The third kappa shape index (κ3) is 2.13. The first-order valence-electron chi connectivity index (χ1n) is 4.20. The minimum absolute atomic E-state index is 0.788. The summed E-state index contributed by atoms with van der Waals surface area (Å²) in [5.74, 6) is 0. The summed E-state index contributed by atoms with van der Waals surface area (Å²) in [6.07, 6.45) is 3.91. The Morgan fingerprint density at radius 1 is 1.08 bits per heavy atom. The van der Waals surface area contributed by atoms with Gasteiger partial charge in [-0.25, -0.2) is 0 Å². The Balaban J connectivity index is 2.15. The fourth-order valence-electron chi connectivity index (χ4n) is 1.30. The molecule has 0 aliphatic heterocycles. The van der Waals surface area contributed by atoms with E-state index in [-0.39, 0.29) is 0 Å². The highest BCUT2D eigenvalue weighted by molar-refractivity contribution is 6.30. The minimum atomic E-state index is 0.788. The van der Waals surface area contributed by atoms with Crippen molar-refractivity contribution in [3.8, 4) is 0 Å². The van der Waals surface area contributed by atoms with Crippen LogP contribution in [0.4, 0.5) is 0 Å². The zero-order chi connectivity index (χ0) is 9.10. The van der Waals surface area contributed by atoms with Crippen molar-refractivity contribution in [2.24, 2.45) is 0 Å². The molecule has 0 N–H and O–H groups in total. The van der Waals surface area contributed by atoms with Crippen LogP contribution in [0.15, 0.2) is 48.8 Å². The largest absolute Gasteiger partial charge is 0.348 e. The molecule has 1 nitrogen and oxygen atoms in total. The number of halogens is 1. The van der Waals surface area contributed by atoms with E-state index in [0.717, 1.165) is 11.6 Å². The highest BCUT2D eigenvalue weighted by Gasteiger charge is 1.94. The van der Waals surface area contributed by atoms with E-state index >= 15 is 0 Å². The Bertz CT molecular complexity index is 378. The molecule has 0 saturated heterocycles. The molecule has 2 rings (SSSR count). The van der Waals surface area contributed by atoms with Crippen LogP contribution in [-0.4, -0.2) is 4.57 Å². The average Bonchev–Trinajstić information content (AvgIpc) is 2.53. The lowest BCUT2D eigenvalue weighted by atomic mass is 10.2. The molecule has 0 radical (unpaired) electrons. The minimum Gasteiger partial charge on any atom is -0.348 e. The summed E-state index contributed by atoms with van der Waals surface area (Å²) >= 11 is 5.81. The lowest BCUT2D eigenvalue weighted by Crippen LogP contribution is -1.94. The molecular formula is C11H10ClN. The summed E-state index contributed by atoms with van der Waals surface area (Å²) in [5.41, 5.74) is 1.29. The molecule has 1 heterocycles. The van der Waals surface area contributed by atoms with Gasteiger partial charge in [0.1, 0.15) is 0 Å². The lowest BCUT2D eigenvalue weighted by Gasteiger charge is -2.01. The molecule has 0 amide bonds. The maximum Gasteiger partial charge on any atom is 0.0582 e. The second kappa shape index (κ2) is 3.67. The Morgan fingerprint density at radius 2 is 1.85 bits per heavy atom. The first kappa shape index (κ1) is 8.39. The molecule has 0 aliphatic carbocycles. The van der Waals surface area contributed by atoms with Gasteiger partial charge in [-0.3, -0.25) is 0 Å². The molecule has 2 heteroatoms. The fourth-order valence-corrected chi connectivity index (χ4v) is 1.49. The van der Waals surface area contributed by atoms with E-state index in [1.807, 2.05) is 36.7 Å². The fraction of sp³-hybridized carbons (Fsp3) is 0.0909. The van der Waals surface area contributed by atoms with Crippen molar-refractivity contribution in [1.29, 1.82) is 0 Å². The standard InChI is InChI=1S/C11H10ClN/c12-11-6-7-13(9-11)8-10-4-2-1-3-5-10/h1-7,9H,8H2. The second-order valence-electron chi connectivity index (χ2n) is 2.99. The highest BCUT2D eigenvalue weighted by atomic mass is 35.5. The summed E-state index contributed by atoms with van der Waals surface area (Å²) in [7, 11) is 0. The molecule has 66 valence electrons. The summed E-state index contributed by atoms with van der Waals surface area (Å²) in [4.78, 5) is 0. The monoisotopic (exact) mass is 191 g/mol. The van der Waals surface area contributed by atoms with Crippen LogP contribution in [0.5, 0.6) is 0 Å². The van der Waals surface area contributed by atoms with Gasteiger partial charge in [0.05, 0.1) is 5.02 Å². The third-order valence-corrected chi connectivity index (χ3v) is 2.15. The van der Waals surface area contributed by atoms with E-state index in [1.54, 1.807) is 0 Å². The quantitative estimate of drug-likeness (QED) is 0.687. The summed E-state index contributed by atoms with van der Waals surface area (Å²) in [6.45, 7) is 0.882. The predicted octanol–water partition coefficient (Wildman–Crippen LogP) is 3.19. The van der Waals surface area contributed by atoms with Crippen LogP contribution in [-0.2, 0) is 6.54 Å². The number of hydrogen-bond donors (Lipinski definition) is 0. The van der Waals surface area contributed by atoms with Gasteiger partial charge in [0.2, 0.25) is 0 Å². The zero-order valence-electron chi connectivity index (χ0n) is 7.15. The molecule has 0 saturated carbocycles. The normalized spacial score (nSPS) is 10.2. The molecule has 0 fully saturated rings. The molecule has 0 unspecified atom stereocenters. The average molecular weight is 192 g/mol. The predicted molar refractivity (Wildman–Crippen MR) is 55.0 cm³/mol. The smallest absolute Gasteiger partial charge is 0.0582 e. The number of benzene rings is 1. The number of nitrogens with zero attached hydrogens (tertiary/aromatic N) is 1. The van der Waals surface area contributed by atoms with Gasteiger partial charge in [0, 0.05) is 18.9 Å². The van der Waals surface area contributed by atoms with Crippen LogP contribution in [0.25, 0.3) is 0 Å². The molecule has 0 aliphatic rings. The van der Waals surface area contributed by atoms with E-state index in [0.29, 0.717) is 0 Å². The van der Waals surface area contributed by atoms with Gasteiger partial charge in [-0.15, -0.1) is 0 Å². The maximum absolute atomic E-state index is 5.81. The van der Waals surface area contributed by atoms with E-state index in [2.05, 4.69) is 16.7 Å². The van der Waals surface area contributed by atoms with Crippen LogP contribution in [0.1, 0.15) is 5.56 Å². The molecule has 2 aromatic rings. The first-order chi connectivity index (χ1) is 6.34. The van der Waals surface area contributed by atoms with Crippen LogP contribution in [0.3, 0.4) is 0 Å². The topological polar surface area (TPSA) is 4.93 Å². The van der Waals surface area contributed by atoms with Gasteiger partial charge >= 0.3 is 0 Å². The van der Waals surface area contributed by atoms with Crippen molar-refractivity contribution in [2.75, 3.05) is 0 Å². The van der Waals surface area contributed by atoms with Gasteiger partial charge < -0.3 is 4.57 Å². The van der Waals surface area contributed by atoms with Gasteiger partial charge in [-0.05, 0) is 11.6 Å². The van der Waals surface area contributed by atoms with Crippen molar-refractivity contribution in [3.63, 3.8) is 0 Å². The molecule has 0 atom stereocenters. The molecular weight excluding hydrogens is 182 g/mol. The van der Waals surface area contributed by atoms with Crippen molar-refractivity contribution >= 4 is 11.6 Å². The molecule has 0 spiro atoms. The number of aromatic nitrogens is 1. The van der Waals surface area contributed by atoms with Crippen molar-refractivity contribution in [1.82, 2.24) is 4.57 Å². The van der Waals surface area contributed by atoms with Crippen molar-refractivity contribution in [3.05, 3.63) is 59.4 Å². The van der Waals surface area contributed by atoms with Gasteiger partial charge in [0.25, 0.3) is 0 Å². The second-order valence-corrected chi connectivity index (χ2v) is 3.42. The van der Waals surface area contributed by atoms with Crippen molar-refractivity contribution in [2.45, 2.75) is 6.54 Å². The third-order valence-electron chi connectivity index (χ3n) is 1.92. The van der Waals surface area contributed by atoms with Gasteiger partial charge in [-0.1, -0.05) is 41.9 Å². The summed E-state index contributed by atoms with van der Waals surface area (Å²) < 4.78 is 2.07. The first-order valence-corrected chi connectivity index (χ1v) is 4.57. The van der Waals surface area contributed by atoms with E-state index < -0.39 is 0 Å². The maximum atomic E-state index is 5.81. The van der Waals surface area contributed by atoms with Gasteiger partial charge in [0.15, 0.2) is 0 Å².